The Hall–Kier alpha value is -0.690. The van der Waals surface area contributed by atoms with Crippen LogP contribution in [-0.2, 0) is 9.53 Å². The van der Waals surface area contributed by atoms with Crippen molar-refractivity contribution in [2.75, 3.05) is 32.9 Å². The Balaban J connectivity index is 3.68. The molecule has 0 rings (SSSR count). The van der Waals surface area contributed by atoms with Crippen LogP contribution in [0.2, 0.25) is 0 Å². The van der Waals surface area contributed by atoms with E-state index in [0.29, 0.717) is 13.0 Å². The van der Waals surface area contributed by atoms with Gasteiger partial charge in [0.15, 0.2) is 0 Å². The third kappa shape index (κ3) is 23.5. The Morgan fingerprint density at radius 2 is 1.20 bits per heavy atom. The van der Waals surface area contributed by atoms with Crippen molar-refractivity contribution in [2.45, 2.75) is 148 Å². The highest BCUT2D eigenvalue weighted by atomic mass is 16.5. The minimum atomic E-state index is -0.783. The molecule has 0 aromatic rings. The van der Waals surface area contributed by atoms with Gasteiger partial charge in [-0.15, -0.1) is 0 Å². The van der Waals surface area contributed by atoms with Gasteiger partial charge < -0.3 is 25.0 Å². The van der Waals surface area contributed by atoms with Crippen molar-refractivity contribution in [3.05, 3.63) is 0 Å². The van der Waals surface area contributed by atoms with Crippen molar-refractivity contribution in [3.63, 3.8) is 0 Å². The van der Waals surface area contributed by atoms with E-state index in [0.717, 1.165) is 32.1 Å². The lowest BCUT2D eigenvalue weighted by Crippen LogP contribution is -2.42. The number of rotatable bonds is 27. The molecule has 6 heteroatoms. The maximum absolute atomic E-state index is 12.4. The third-order valence-corrected chi connectivity index (χ3v) is 6.66. The molecule has 2 atom stereocenters. The van der Waals surface area contributed by atoms with Crippen molar-refractivity contribution < 1.29 is 24.9 Å². The number of carbonyl (C=O) groups excluding carboxylic acids is 1. The van der Waals surface area contributed by atoms with Crippen molar-refractivity contribution in [1.29, 1.82) is 0 Å². The van der Waals surface area contributed by atoms with Gasteiger partial charge in [-0.2, -0.15) is 0 Å². The van der Waals surface area contributed by atoms with Crippen molar-refractivity contribution in [2.24, 2.45) is 0 Å². The van der Waals surface area contributed by atoms with E-state index >= 15 is 0 Å². The van der Waals surface area contributed by atoms with E-state index in [2.05, 4.69) is 13.8 Å². The number of aliphatic hydroxyl groups excluding tert-OH is 3. The van der Waals surface area contributed by atoms with Gasteiger partial charge in [0.05, 0.1) is 31.8 Å². The summed E-state index contributed by atoms with van der Waals surface area (Å²) in [7, 11) is 0. The summed E-state index contributed by atoms with van der Waals surface area (Å²) < 4.78 is 5.61. The Morgan fingerprint density at radius 1 is 0.714 bits per heavy atom. The second kappa shape index (κ2) is 26.4. The lowest BCUT2D eigenvalue weighted by molar-refractivity contribution is -0.136. The second-order valence-electron chi connectivity index (χ2n) is 10.2. The number of hydrogen-bond donors (Lipinski definition) is 3. The molecule has 0 aliphatic rings. The zero-order valence-electron chi connectivity index (χ0n) is 23.2. The molecule has 0 saturated carbocycles. The molecule has 0 aliphatic carbocycles. The van der Waals surface area contributed by atoms with E-state index in [-0.39, 0.29) is 38.6 Å². The summed E-state index contributed by atoms with van der Waals surface area (Å²) in [4.78, 5) is 13.9. The van der Waals surface area contributed by atoms with E-state index in [1.807, 2.05) is 0 Å². The summed E-state index contributed by atoms with van der Waals surface area (Å²) in [6, 6.07) is 0. The molecule has 210 valence electrons. The zero-order valence-corrected chi connectivity index (χ0v) is 23.2. The largest absolute Gasteiger partial charge is 0.395 e. The van der Waals surface area contributed by atoms with Crippen molar-refractivity contribution >= 4 is 5.91 Å². The Bertz CT molecular complexity index is 449. The standard InChI is InChI=1S/C29H59NO5/c1-3-5-7-8-9-10-11-12-13-14-15-16-17-19-23-35-26-28(33)25-30(21-22-31)29(34)24-27(32)20-18-6-4-2/h27-28,31-33H,3-26H2,1-2H3. The molecule has 0 radical (unpaired) electrons. The smallest absolute Gasteiger partial charge is 0.225 e. The Labute approximate surface area is 216 Å². The van der Waals surface area contributed by atoms with Crippen molar-refractivity contribution in [3.8, 4) is 0 Å². The van der Waals surface area contributed by atoms with Crippen LogP contribution in [0.4, 0.5) is 0 Å². The van der Waals surface area contributed by atoms with Gasteiger partial charge in [0, 0.05) is 19.7 Å². The Kier molecular flexibility index (Phi) is 25.9. The Morgan fingerprint density at radius 3 is 1.71 bits per heavy atom. The molecule has 0 saturated heterocycles. The average molecular weight is 502 g/mol. The maximum atomic E-state index is 12.4. The molecule has 0 aromatic carbocycles. The molecule has 0 spiro atoms. The summed E-state index contributed by atoms with van der Waals surface area (Å²) in [5, 5.41) is 29.6. The topological polar surface area (TPSA) is 90.2 Å². The highest BCUT2D eigenvalue weighted by Crippen LogP contribution is 2.13. The van der Waals surface area contributed by atoms with Crippen LogP contribution in [0.1, 0.15) is 136 Å². The van der Waals surface area contributed by atoms with Crippen LogP contribution in [0.15, 0.2) is 0 Å². The summed E-state index contributed by atoms with van der Waals surface area (Å²) in [5.74, 6) is -0.228. The first-order chi connectivity index (χ1) is 17.0. The molecular weight excluding hydrogens is 442 g/mol. The van der Waals surface area contributed by atoms with E-state index < -0.39 is 12.2 Å². The van der Waals surface area contributed by atoms with Crippen LogP contribution < -0.4 is 0 Å². The molecule has 0 aliphatic heterocycles. The molecule has 0 aromatic heterocycles. The molecule has 0 bridgehead atoms. The summed E-state index contributed by atoms with van der Waals surface area (Å²) >= 11 is 0. The fourth-order valence-electron chi connectivity index (χ4n) is 4.43. The fourth-order valence-corrected chi connectivity index (χ4v) is 4.43. The van der Waals surface area contributed by atoms with Crippen LogP contribution >= 0.6 is 0 Å². The first-order valence-electron chi connectivity index (χ1n) is 14.9. The molecule has 3 N–H and O–H groups in total. The minimum Gasteiger partial charge on any atom is -0.395 e. The predicted molar refractivity (Wildman–Crippen MR) is 146 cm³/mol. The summed E-state index contributed by atoms with van der Waals surface area (Å²) in [6.45, 7) is 5.30. The molecular formula is C29H59NO5. The zero-order chi connectivity index (χ0) is 26.0. The molecule has 35 heavy (non-hydrogen) atoms. The molecule has 6 nitrogen and oxygen atoms in total. The first-order valence-corrected chi connectivity index (χ1v) is 14.9. The fraction of sp³-hybridized carbons (Fsp3) is 0.966. The van der Waals surface area contributed by atoms with E-state index in [1.54, 1.807) is 0 Å². The number of amides is 1. The van der Waals surface area contributed by atoms with Crippen LogP contribution in [0.5, 0.6) is 0 Å². The van der Waals surface area contributed by atoms with Crippen LogP contribution in [0, 0.1) is 0 Å². The van der Waals surface area contributed by atoms with Crippen LogP contribution in [0.25, 0.3) is 0 Å². The van der Waals surface area contributed by atoms with E-state index in [9.17, 15) is 20.1 Å². The lowest BCUT2D eigenvalue weighted by Gasteiger charge is -2.25. The first kappa shape index (κ1) is 34.3. The normalized spacial score (nSPS) is 13.2. The monoisotopic (exact) mass is 501 g/mol. The third-order valence-electron chi connectivity index (χ3n) is 6.66. The highest BCUT2D eigenvalue weighted by molar-refractivity contribution is 5.76. The lowest BCUT2D eigenvalue weighted by atomic mass is 10.0. The summed E-state index contributed by atoms with van der Waals surface area (Å²) in [5.41, 5.74) is 0. The van der Waals surface area contributed by atoms with Gasteiger partial charge in [0.2, 0.25) is 5.91 Å². The van der Waals surface area contributed by atoms with Gasteiger partial charge in [-0.05, 0) is 12.8 Å². The quantitative estimate of drug-likeness (QED) is 0.120. The van der Waals surface area contributed by atoms with Crippen LogP contribution in [0.3, 0.4) is 0 Å². The average Bonchev–Trinajstić information content (AvgIpc) is 2.83. The maximum Gasteiger partial charge on any atom is 0.225 e. The number of nitrogens with zero attached hydrogens (tertiary/aromatic N) is 1. The molecule has 0 heterocycles. The van der Waals surface area contributed by atoms with Gasteiger partial charge in [0.25, 0.3) is 0 Å². The SMILES string of the molecule is CCCCCCCCCCCCCCCCOCC(O)CN(CCO)C(=O)CC(O)CCCCC. The number of ether oxygens (including phenoxy) is 1. The predicted octanol–water partition coefficient (Wildman–Crippen LogP) is 6.00. The second-order valence-corrected chi connectivity index (χ2v) is 10.2. The van der Waals surface area contributed by atoms with Gasteiger partial charge in [0.1, 0.15) is 0 Å². The highest BCUT2D eigenvalue weighted by Gasteiger charge is 2.20. The van der Waals surface area contributed by atoms with E-state index in [4.69, 9.17) is 4.74 Å². The number of carbonyl (C=O) groups is 1. The number of hydrogen-bond acceptors (Lipinski definition) is 5. The minimum absolute atomic E-state index is 0.0380. The van der Waals surface area contributed by atoms with Crippen LogP contribution in [-0.4, -0.2) is 71.2 Å². The van der Waals surface area contributed by atoms with Gasteiger partial charge in [-0.3, -0.25) is 4.79 Å². The van der Waals surface area contributed by atoms with E-state index in [1.165, 1.54) is 81.9 Å². The number of aliphatic hydroxyl groups is 3. The molecule has 1 amide bonds. The summed E-state index contributed by atoms with van der Waals surface area (Å²) in [6.07, 6.45) is 20.7. The van der Waals surface area contributed by atoms with Gasteiger partial charge >= 0.3 is 0 Å². The molecule has 0 fully saturated rings. The van der Waals surface area contributed by atoms with Gasteiger partial charge in [-0.1, -0.05) is 117 Å². The number of unbranched alkanes of at least 4 members (excludes halogenated alkanes) is 15. The molecule has 2 unspecified atom stereocenters. The van der Waals surface area contributed by atoms with Gasteiger partial charge in [-0.25, -0.2) is 0 Å². The van der Waals surface area contributed by atoms with Crippen molar-refractivity contribution in [1.82, 2.24) is 4.90 Å².